The smallest absolute Gasteiger partial charge is 0.254 e. The Morgan fingerprint density at radius 1 is 1.56 bits per heavy atom. The molecule has 1 heterocycles. The molecule has 0 aliphatic heterocycles. The average Bonchev–Trinajstić information content (AvgIpc) is 3.14. The Balaban J connectivity index is 2.30. The van der Waals surface area contributed by atoms with Crippen molar-refractivity contribution in [2.45, 2.75) is 39.2 Å². The number of nitrogens with one attached hydrogen (secondary N) is 1. The maximum absolute atomic E-state index is 11.9. The van der Waals surface area contributed by atoms with Crippen LogP contribution in [0.1, 0.15) is 43.0 Å². The van der Waals surface area contributed by atoms with Crippen LogP contribution in [0.15, 0.2) is 4.79 Å². The van der Waals surface area contributed by atoms with E-state index in [1.165, 1.54) is 0 Å². The first kappa shape index (κ1) is 13.2. The highest BCUT2D eigenvalue weighted by Crippen LogP contribution is 2.42. The van der Waals surface area contributed by atoms with Gasteiger partial charge < -0.3 is 14.8 Å². The van der Waals surface area contributed by atoms with E-state index >= 15 is 0 Å². The second kappa shape index (κ2) is 5.63. The molecule has 5 nitrogen and oxygen atoms in total. The fourth-order valence-corrected chi connectivity index (χ4v) is 2.19. The van der Waals surface area contributed by atoms with E-state index in [4.69, 9.17) is 9.84 Å². The molecule has 5 heteroatoms. The lowest BCUT2D eigenvalue weighted by Gasteiger charge is -2.16. The lowest BCUT2D eigenvalue weighted by Crippen LogP contribution is -2.23. The van der Waals surface area contributed by atoms with Crippen LogP contribution in [0, 0.1) is 12.8 Å². The zero-order chi connectivity index (χ0) is 13.1. The fraction of sp³-hybridized carbons (Fsp3) is 0.692. The van der Waals surface area contributed by atoms with Gasteiger partial charge in [-0.2, -0.15) is 0 Å². The van der Waals surface area contributed by atoms with Gasteiger partial charge in [0, 0.05) is 30.9 Å². The Morgan fingerprint density at radius 2 is 2.28 bits per heavy atom. The predicted molar refractivity (Wildman–Crippen MR) is 67.5 cm³/mol. The van der Waals surface area contributed by atoms with Crippen LogP contribution in [-0.2, 0) is 11.2 Å². The summed E-state index contributed by atoms with van der Waals surface area (Å²) in [6.45, 7) is 4.32. The molecule has 1 atom stereocenters. The quantitative estimate of drug-likeness (QED) is 0.795. The molecule has 1 unspecified atom stereocenters. The van der Waals surface area contributed by atoms with Crippen molar-refractivity contribution in [3.63, 3.8) is 0 Å². The molecule has 1 saturated carbocycles. The number of ether oxygens (including phenoxy) is 1. The van der Waals surface area contributed by atoms with Crippen LogP contribution in [0.3, 0.4) is 0 Å². The van der Waals surface area contributed by atoms with E-state index in [2.05, 4.69) is 9.97 Å². The first-order chi connectivity index (χ1) is 8.67. The topological polar surface area (TPSA) is 75.2 Å². The first-order valence-corrected chi connectivity index (χ1v) is 6.49. The first-order valence-electron chi connectivity index (χ1n) is 6.49. The Hall–Kier alpha value is -1.20. The highest BCUT2D eigenvalue weighted by Gasteiger charge is 2.34. The second-order valence-electron chi connectivity index (χ2n) is 4.70. The van der Waals surface area contributed by atoms with Gasteiger partial charge in [0.15, 0.2) is 0 Å². The summed E-state index contributed by atoms with van der Waals surface area (Å²) in [4.78, 5) is 19.2. The van der Waals surface area contributed by atoms with E-state index in [1.807, 2.05) is 6.92 Å². The van der Waals surface area contributed by atoms with E-state index in [9.17, 15) is 4.79 Å². The number of H-pyrrole nitrogens is 1. The van der Waals surface area contributed by atoms with Gasteiger partial charge in [-0.3, -0.25) is 4.79 Å². The molecule has 1 aliphatic carbocycles. The fourth-order valence-electron chi connectivity index (χ4n) is 2.19. The maximum Gasteiger partial charge on any atom is 0.254 e. The standard InChI is InChI=1S/C13H20N2O3/c1-3-18-11(9-4-5-9)12-14-8(2)10(6-7-16)13(17)15-12/h9,11,16H,3-7H2,1-2H3,(H,14,15,17). The maximum atomic E-state index is 11.9. The van der Waals surface area contributed by atoms with Crippen LogP contribution in [0.25, 0.3) is 0 Å². The van der Waals surface area contributed by atoms with Crippen molar-refractivity contribution in [1.29, 1.82) is 0 Å². The number of hydrogen-bond donors (Lipinski definition) is 2. The van der Waals surface area contributed by atoms with Crippen molar-refractivity contribution in [1.82, 2.24) is 9.97 Å². The second-order valence-corrected chi connectivity index (χ2v) is 4.70. The van der Waals surface area contributed by atoms with Gasteiger partial charge in [-0.05, 0) is 32.6 Å². The van der Waals surface area contributed by atoms with Crippen LogP contribution in [0.2, 0.25) is 0 Å². The third-order valence-corrected chi connectivity index (χ3v) is 3.27. The largest absolute Gasteiger partial charge is 0.396 e. The van der Waals surface area contributed by atoms with Gasteiger partial charge in [0.2, 0.25) is 0 Å². The van der Waals surface area contributed by atoms with Crippen molar-refractivity contribution in [2.24, 2.45) is 5.92 Å². The number of rotatable bonds is 6. The minimum Gasteiger partial charge on any atom is -0.396 e. The summed E-state index contributed by atoms with van der Waals surface area (Å²) in [6, 6.07) is 0. The lowest BCUT2D eigenvalue weighted by atomic mass is 10.1. The summed E-state index contributed by atoms with van der Waals surface area (Å²) < 4.78 is 5.68. The third kappa shape index (κ3) is 2.79. The van der Waals surface area contributed by atoms with Crippen LogP contribution >= 0.6 is 0 Å². The van der Waals surface area contributed by atoms with Crippen molar-refractivity contribution in [2.75, 3.05) is 13.2 Å². The molecule has 18 heavy (non-hydrogen) atoms. The van der Waals surface area contributed by atoms with Crippen LogP contribution in [0.4, 0.5) is 0 Å². The average molecular weight is 252 g/mol. The minimum absolute atomic E-state index is 0.0392. The van der Waals surface area contributed by atoms with Crippen LogP contribution < -0.4 is 5.56 Å². The summed E-state index contributed by atoms with van der Waals surface area (Å²) in [5, 5.41) is 8.92. The molecule has 2 N–H and O–H groups in total. The molecule has 0 saturated heterocycles. The molecule has 100 valence electrons. The van der Waals surface area contributed by atoms with Crippen molar-refractivity contribution in [3.8, 4) is 0 Å². The van der Waals surface area contributed by atoms with Crippen LogP contribution in [0.5, 0.6) is 0 Å². The van der Waals surface area contributed by atoms with Gasteiger partial charge in [0.25, 0.3) is 5.56 Å². The van der Waals surface area contributed by atoms with E-state index < -0.39 is 0 Å². The summed E-state index contributed by atoms with van der Waals surface area (Å²) >= 11 is 0. The molecule has 0 amide bonds. The van der Waals surface area contributed by atoms with Gasteiger partial charge >= 0.3 is 0 Å². The molecule has 1 fully saturated rings. The van der Waals surface area contributed by atoms with E-state index in [0.717, 1.165) is 12.8 Å². The Morgan fingerprint density at radius 3 is 2.78 bits per heavy atom. The van der Waals surface area contributed by atoms with Crippen molar-refractivity contribution < 1.29 is 9.84 Å². The zero-order valence-electron chi connectivity index (χ0n) is 10.9. The summed E-state index contributed by atoms with van der Waals surface area (Å²) in [5.41, 5.74) is 1.09. The molecule has 1 aromatic heterocycles. The molecular weight excluding hydrogens is 232 g/mol. The van der Waals surface area contributed by atoms with Gasteiger partial charge in [0.1, 0.15) is 11.9 Å². The van der Waals surface area contributed by atoms with Gasteiger partial charge in [-0.1, -0.05) is 0 Å². The molecular formula is C13H20N2O3. The highest BCUT2D eigenvalue weighted by atomic mass is 16.5. The van der Waals surface area contributed by atoms with Gasteiger partial charge in [-0.15, -0.1) is 0 Å². The number of aliphatic hydroxyl groups excluding tert-OH is 1. The normalized spacial score (nSPS) is 16.8. The molecule has 0 bridgehead atoms. The monoisotopic (exact) mass is 252 g/mol. The number of aliphatic hydroxyl groups is 1. The number of hydrogen-bond acceptors (Lipinski definition) is 4. The predicted octanol–water partition coefficient (Wildman–Crippen LogP) is 1.10. The summed E-state index contributed by atoms with van der Waals surface area (Å²) in [5.74, 6) is 1.11. The number of aryl methyl sites for hydroxylation is 1. The Labute approximate surface area is 106 Å². The number of nitrogens with zero attached hydrogens (tertiary/aromatic N) is 1. The van der Waals surface area contributed by atoms with E-state index in [0.29, 0.717) is 36.0 Å². The third-order valence-electron chi connectivity index (χ3n) is 3.27. The molecule has 0 spiro atoms. The van der Waals surface area contributed by atoms with Gasteiger partial charge in [-0.25, -0.2) is 4.98 Å². The van der Waals surface area contributed by atoms with E-state index in [1.54, 1.807) is 6.92 Å². The lowest BCUT2D eigenvalue weighted by molar-refractivity contribution is 0.0397. The highest BCUT2D eigenvalue weighted by molar-refractivity contribution is 5.18. The molecule has 0 radical (unpaired) electrons. The van der Waals surface area contributed by atoms with Crippen LogP contribution in [-0.4, -0.2) is 28.3 Å². The number of aromatic amines is 1. The Bertz CT molecular complexity index is 466. The van der Waals surface area contributed by atoms with Crippen molar-refractivity contribution >= 4 is 0 Å². The minimum atomic E-state index is -0.156. The summed E-state index contributed by atoms with van der Waals surface area (Å²) in [6.07, 6.45) is 2.51. The SMILES string of the molecule is CCOC(c1nc(C)c(CCO)c(=O)[nH]1)C1CC1. The Kier molecular flexibility index (Phi) is 4.14. The molecule has 1 aromatic rings. The number of aromatic nitrogens is 2. The zero-order valence-corrected chi connectivity index (χ0v) is 10.9. The summed E-state index contributed by atoms with van der Waals surface area (Å²) in [7, 11) is 0. The molecule has 2 rings (SSSR count). The van der Waals surface area contributed by atoms with E-state index in [-0.39, 0.29) is 18.3 Å². The van der Waals surface area contributed by atoms with Gasteiger partial charge in [0.05, 0.1) is 0 Å². The van der Waals surface area contributed by atoms with Crippen molar-refractivity contribution in [3.05, 3.63) is 27.4 Å². The molecule has 1 aliphatic rings. The molecule has 0 aromatic carbocycles.